The van der Waals surface area contributed by atoms with Crippen molar-refractivity contribution in [3.8, 4) is 0 Å². The fraction of sp³-hybridized carbons (Fsp3) is 0.0833. The van der Waals surface area contributed by atoms with Gasteiger partial charge in [-0.15, -0.1) is 0 Å². The van der Waals surface area contributed by atoms with Crippen LogP contribution < -0.4 is 16.8 Å². The third-order valence-corrected chi connectivity index (χ3v) is 2.87. The topological polar surface area (TPSA) is 77.0 Å². The monoisotopic (exact) mass is 266 g/mol. The minimum absolute atomic E-state index is 0.124. The molecule has 0 aliphatic rings. The number of aromatic nitrogens is 1. The van der Waals surface area contributed by atoms with E-state index in [1.54, 1.807) is 12.4 Å². The van der Waals surface area contributed by atoms with Crippen molar-refractivity contribution in [1.29, 1.82) is 0 Å². The molecule has 0 fully saturated rings. The number of halogens is 2. The van der Waals surface area contributed by atoms with Crippen LogP contribution in [0.15, 0.2) is 30.6 Å². The molecule has 0 saturated carbocycles. The minimum atomic E-state index is -0.636. The lowest BCUT2D eigenvalue weighted by Gasteiger charge is -2.12. The molecule has 4 nitrogen and oxygen atoms in total. The van der Waals surface area contributed by atoms with E-state index < -0.39 is 5.82 Å². The largest absolute Gasteiger partial charge is 0.397 e. The second kappa shape index (κ2) is 5.10. The molecule has 2 rings (SSSR count). The van der Waals surface area contributed by atoms with Crippen LogP contribution in [0.2, 0.25) is 5.02 Å². The second-order valence-corrected chi connectivity index (χ2v) is 4.14. The van der Waals surface area contributed by atoms with Crippen molar-refractivity contribution in [3.05, 3.63) is 47.0 Å². The first-order valence-corrected chi connectivity index (χ1v) is 5.63. The summed E-state index contributed by atoms with van der Waals surface area (Å²) in [5, 5.41) is 2.77. The molecule has 2 aromatic rings. The minimum Gasteiger partial charge on any atom is -0.397 e. The molecule has 18 heavy (non-hydrogen) atoms. The van der Waals surface area contributed by atoms with E-state index in [1.807, 2.05) is 12.1 Å². The van der Waals surface area contributed by atoms with Crippen LogP contribution in [-0.2, 0) is 6.54 Å². The molecule has 1 heterocycles. The zero-order valence-corrected chi connectivity index (χ0v) is 10.2. The van der Waals surface area contributed by atoms with Crippen molar-refractivity contribution in [2.24, 2.45) is 0 Å². The fourth-order valence-electron chi connectivity index (χ4n) is 1.54. The van der Waals surface area contributed by atoms with Crippen LogP contribution in [0.25, 0.3) is 0 Å². The van der Waals surface area contributed by atoms with Crippen LogP contribution in [-0.4, -0.2) is 4.98 Å². The normalized spacial score (nSPS) is 10.3. The van der Waals surface area contributed by atoms with E-state index in [2.05, 4.69) is 10.3 Å². The van der Waals surface area contributed by atoms with E-state index in [9.17, 15) is 4.39 Å². The van der Waals surface area contributed by atoms with E-state index in [4.69, 9.17) is 23.1 Å². The Bertz CT molecular complexity index is 560. The van der Waals surface area contributed by atoms with E-state index in [-0.39, 0.29) is 22.1 Å². The van der Waals surface area contributed by atoms with Crippen molar-refractivity contribution < 1.29 is 4.39 Å². The maximum absolute atomic E-state index is 13.9. The molecular weight excluding hydrogens is 255 g/mol. The van der Waals surface area contributed by atoms with Crippen LogP contribution in [0.3, 0.4) is 0 Å². The van der Waals surface area contributed by atoms with Crippen LogP contribution in [0.1, 0.15) is 5.56 Å². The molecule has 94 valence electrons. The Morgan fingerprint density at radius 2 is 1.89 bits per heavy atom. The first kappa shape index (κ1) is 12.4. The van der Waals surface area contributed by atoms with Gasteiger partial charge in [0.25, 0.3) is 0 Å². The highest BCUT2D eigenvalue weighted by Crippen LogP contribution is 2.33. The van der Waals surface area contributed by atoms with Crippen molar-refractivity contribution in [2.75, 3.05) is 16.8 Å². The number of benzene rings is 1. The van der Waals surface area contributed by atoms with Gasteiger partial charge >= 0.3 is 0 Å². The van der Waals surface area contributed by atoms with Gasteiger partial charge in [-0.25, -0.2) is 4.39 Å². The summed E-state index contributed by atoms with van der Waals surface area (Å²) in [6, 6.07) is 5.07. The molecule has 0 radical (unpaired) electrons. The Morgan fingerprint density at radius 1 is 1.22 bits per heavy atom. The van der Waals surface area contributed by atoms with Gasteiger partial charge in [-0.1, -0.05) is 11.6 Å². The Kier molecular flexibility index (Phi) is 3.53. The van der Waals surface area contributed by atoms with E-state index in [0.29, 0.717) is 6.54 Å². The average molecular weight is 267 g/mol. The van der Waals surface area contributed by atoms with Gasteiger partial charge in [0.15, 0.2) is 5.82 Å². The highest BCUT2D eigenvalue weighted by Gasteiger charge is 2.13. The number of hydrogen-bond donors (Lipinski definition) is 3. The van der Waals surface area contributed by atoms with Gasteiger partial charge in [-0.2, -0.15) is 0 Å². The maximum atomic E-state index is 13.9. The molecule has 0 aliphatic carbocycles. The number of nitrogen functional groups attached to an aromatic ring is 2. The van der Waals surface area contributed by atoms with Crippen molar-refractivity contribution in [3.63, 3.8) is 0 Å². The Labute approximate surface area is 109 Å². The van der Waals surface area contributed by atoms with Gasteiger partial charge in [0.05, 0.1) is 17.1 Å². The smallest absolute Gasteiger partial charge is 0.169 e. The van der Waals surface area contributed by atoms with Crippen LogP contribution in [0, 0.1) is 5.82 Å². The summed E-state index contributed by atoms with van der Waals surface area (Å²) in [4.78, 5) is 3.90. The third-order valence-electron chi connectivity index (χ3n) is 2.48. The molecular formula is C12H12ClFN4. The van der Waals surface area contributed by atoms with E-state index in [1.165, 1.54) is 6.07 Å². The lowest BCUT2D eigenvalue weighted by molar-refractivity contribution is 0.632. The summed E-state index contributed by atoms with van der Waals surface area (Å²) >= 11 is 5.73. The standard InChI is InChI=1S/C12H12ClFN4/c13-10-8(15)5-9(16)12(11(10)14)18-6-7-1-3-17-4-2-7/h1-5,18H,6,15-16H2. The lowest BCUT2D eigenvalue weighted by Crippen LogP contribution is -2.06. The molecule has 1 aromatic carbocycles. The molecule has 5 N–H and O–H groups in total. The van der Waals surface area contributed by atoms with Crippen molar-refractivity contribution in [1.82, 2.24) is 4.98 Å². The number of anilines is 3. The maximum Gasteiger partial charge on any atom is 0.169 e. The molecule has 0 amide bonds. The van der Waals surface area contributed by atoms with Crippen LogP contribution in [0.4, 0.5) is 21.5 Å². The third kappa shape index (κ3) is 2.46. The highest BCUT2D eigenvalue weighted by atomic mass is 35.5. The molecule has 0 bridgehead atoms. The fourth-order valence-corrected chi connectivity index (χ4v) is 1.69. The summed E-state index contributed by atoms with van der Waals surface area (Å²) < 4.78 is 13.9. The molecule has 0 aliphatic heterocycles. The predicted molar refractivity (Wildman–Crippen MR) is 71.8 cm³/mol. The molecule has 0 spiro atoms. The van der Waals surface area contributed by atoms with Crippen molar-refractivity contribution >= 4 is 28.7 Å². The van der Waals surface area contributed by atoms with Gasteiger partial charge in [0.2, 0.25) is 0 Å². The van der Waals surface area contributed by atoms with Gasteiger partial charge < -0.3 is 16.8 Å². The molecule has 1 aromatic heterocycles. The number of nitrogens with one attached hydrogen (secondary N) is 1. The highest BCUT2D eigenvalue weighted by molar-refractivity contribution is 6.33. The SMILES string of the molecule is Nc1cc(N)c(NCc2ccncc2)c(F)c1Cl. The first-order valence-electron chi connectivity index (χ1n) is 5.25. The average Bonchev–Trinajstić information content (AvgIpc) is 2.37. The zero-order chi connectivity index (χ0) is 13.1. The van der Waals surface area contributed by atoms with Crippen LogP contribution >= 0.6 is 11.6 Å². The number of hydrogen-bond acceptors (Lipinski definition) is 4. The number of nitrogens with two attached hydrogens (primary N) is 2. The van der Waals surface area contributed by atoms with E-state index in [0.717, 1.165) is 5.56 Å². The summed E-state index contributed by atoms with van der Waals surface area (Å²) in [6.45, 7) is 0.421. The molecule has 0 saturated heterocycles. The first-order chi connectivity index (χ1) is 8.59. The molecule has 6 heteroatoms. The lowest BCUT2D eigenvalue weighted by atomic mass is 10.2. The Hall–Kier alpha value is -2.01. The Balaban J connectivity index is 2.22. The van der Waals surface area contributed by atoms with Gasteiger partial charge in [-0.3, -0.25) is 4.98 Å². The summed E-state index contributed by atoms with van der Waals surface area (Å²) in [7, 11) is 0. The van der Waals surface area contributed by atoms with Crippen LogP contribution in [0.5, 0.6) is 0 Å². The van der Waals surface area contributed by atoms with Gasteiger partial charge in [0.1, 0.15) is 5.02 Å². The predicted octanol–water partition coefficient (Wildman–Crippen LogP) is 2.65. The quantitative estimate of drug-likeness (QED) is 0.747. The van der Waals surface area contributed by atoms with E-state index >= 15 is 0 Å². The summed E-state index contributed by atoms with van der Waals surface area (Å²) in [5.74, 6) is -0.636. The number of pyridine rings is 1. The number of nitrogens with zero attached hydrogens (tertiary/aromatic N) is 1. The molecule has 0 atom stereocenters. The van der Waals surface area contributed by atoms with Gasteiger partial charge in [0, 0.05) is 18.9 Å². The summed E-state index contributed by atoms with van der Waals surface area (Å²) in [6.07, 6.45) is 3.32. The van der Waals surface area contributed by atoms with Gasteiger partial charge in [-0.05, 0) is 23.8 Å². The zero-order valence-electron chi connectivity index (χ0n) is 9.45. The Morgan fingerprint density at radius 3 is 2.56 bits per heavy atom. The molecule has 0 unspecified atom stereocenters. The summed E-state index contributed by atoms with van der Waals surface area (Å²) in [5.41, 5.74) is 12.7. The number of rotatable bonds is 3. The van der Waals surface area contributed by atoms with Crippen molar-refractivity contribution in [2.45, 2.75) is 6.54 Å². The second-order valence-electron chi connectivity index (χ2n) is 3.77.